The number of ether oxygens (including phenoxy) is 1. The average Bonchev–Trinajstić information content (AvgIpc) is 3.21. The van der Waals surface area contributed by atoms with Crippen molar-refractivity contribution in [2.45, 2.75) is 0 Å². The number of nitrogens with one attached hydrogen (secondary N) is 1. The van der Waals surface area contributed by atoms with E-state index in [9.17, 15) is 0 Å². The van der Waals surface area contributed by atoms with Crippen LogP contribution in [0, 0.1) is 0 Å². The van der Waals surface area contributed by atoms with Crippen LogP contribution >= 0.6 is 0 Å². The summed E-state index contributed by atoms with van der Waals surface area (Å²) in [4.78, 5) is 15.5. The first-order chi connectivity index (χ1) is 13.9. The second kappa shape index (κ2) is 7.24. The number of morpholine rings is 1. The lowest BCUT2D eigenvalue weighted by Crippen LogP contribution is -2.36. The zero-order valence-corrected chi connectivity index (χ0v) is 15.2. The van der Waals surface area contributed by atoms with Gasteiger partial charge in [0.1, 0.15) is 12.1 Å². The number of hydrogen-bond acceptors (Lipinski definition) is 7. The maximum Gasteiger partial charge on any atom is 0.170 e. The third-order valence-corrected chi connectivity index (χ3v) is 4.74. The van der Waals surface area contributed by atoms with Crippen molar-refractivity contribution in [3.8, 4) is 5.82 Å². The van der Waals surface area contributed by atoms with E-state index in [0.29, 0.717) is 11.5 Å². The lowest BCUT2D eigenvalue weighted by molar-refractivity contribution is 0.122. The molecule has 5 rings (SSSR count). The summed E-state index contributed by atoms with van der Waals surface area (Å²) in [6, 6.07) is 14.0. The van der Waals surface area contributed by atoms with Crippen LogP contribution in [-0.2, 0) is 4.74 Å². The van der Waals surface area contributed by atoms with Gasteiger partial charge in [-0.1, -0.05) is 6.07 Å². The van der Waals surface area contributed by atoms with E-state index in [4.69, 9.17) is 4.74 Å². The van der Waals surface area contributed by atoms with Crippen LogP contribution in [0.1, 0.15) is 0 Å². The van der Waals surface area contributed by atoms with Crippen LogP contribution in [0.4, 0.5) is 17.2 Å². The molecule has 0 aliphatic carbocycles. The van der Waals surface area contributed by atoms with Crippen LogP contribution in [0.15, 0.2) is 61.2 Å². The van der Waals surface area contributed by atoms with E-state index in [1.807, 2.05) is 18.2 Å². The van der Waals surface area contributed by atoms with Crippen LogP contribution in [0.3, 0.4) is 0 Å². The first-order valence-electron chi connectivity index (χ1n) is 9.18. The predicted octanol–water partition coefficient (Wildman–Crippen LogP) is 2.79. The van der Waals surface area contributed by atoms with Crippen molar-refractivity contribution in [2.24, 2.45) is 0 Å². The molecule has 0 spiro atoms. The average molecular weight is 373 g/mol. The summed E-state index contributed by atoms with van der Waals surface area (Å²) in [7, 11) is 0. The fourth-order valence-corrected chi connectivity index (χ4v) is 3.30. The number of nitrogens with zero attached hydrogens (tertiary/aromatic N) is 6. The molecule has 0 amide bonds. The Kier molecular flexibility index (Phi) is 4.30. The molecule has 1 saturated heterocycles. The molecule has 1 aromatic carbocycles. The molecule has 1 fully saturated rings. The van der Waals surface area contributed by atoms with Crippen molar-refractivity contribution in [2.75, 3.05) is 36.5 Å². The molecule has 0 saturated carbocycles. The number of hydrogen-bond donors (Lipinski definition) is 1. The van der Waals surface area contributed by atoms with Gasteiger partial charge in [0.05, 0.1) is 24.8 Å². The molecule has 1 aliphatic heterocycles. The van der Waals surface area contributed by atoms with E-state index in [1.54, 1.807) is 17.1 Å². The van der Waals surface area contributed by atoms with Crippen molar-refractivity contribution >= 4 is 28.2 Å². The van der Waals surface area contributed by atoms with E-state index < -0.39 is 0 Å². The van der Waals surface area contributed by atoms with Crippen LogP contribution < -0.4 is 10.2 Å². The van der Waals surface area contributed by atoms with E-state index in [-0.39, 0.29) is 0 Å². The van der Waals surface area contributed by atoms with Crippen LogP contribution in [0.5, 0.6) is 0 Å². The Morgan fingerprint density at radius 3 is 2.57 bits per heavy atom. The summed E-state index contributed by atoms with van der Waals surface area (Å²) in [5, 5.41) is 8.65. The Morgan fingerprint density at radius 1 is 0.929 bits per heavy atom. The predicted molar refractivity (Wildman–Crippen MR) is 107 cm³/mol. The highest BCUT2D eigenvalue weighted by molar-refractivity contribution is 5.89. The zero-order valence-electron chi connectivity index (χ0n) is 15.2. The number of fused-ring (bicyclic) bond motifs is 1. The van der Waals surface area contributed by atoms with Gasteiger partial charge in [0.25, 0.3) is 0 Å². The molecular weight excluding hydrogens is 354 g/mol. The summed E-state index contributed by atoms with van der Waals surface area (Å²) < 4.78 is 7.13. The minimum atomic E-state index is 0.709. The SMILES string of the molecule is c1ccc(-n2ncc3c(Nc4ccc(N5CCOCC5)cc4)ncnc32)nc1. The van der Waals surface area contributed by atoms with Crippen molar-refractivity contribution in [3.63, 3.8) is 0 Å². The van der Waals surface area contributed by atoms with Gasteiger partial charge < -0.3 is 15.0 Å². The fourth-order valence-electron chi connectivity index (χ4n) is 3.30. The highest BCUT2D eigenvalue weighted by Crippen LogP contribution is 2.25. The zero-order chi connectivity index (χ0) is 18.8. The molecular formula is C20H19N7O. The van der Waals surface area contributed by atoms with Gasteiger partial charge in [0.2, 0.25) is 0 Å². The Balaban J connectivity index is 1.42. The Morgan fingerprint density at radius 2 is 1.79 bits per heavy atom. The summed E-state index contributed by atoms with van der Waals surface area (Å²) in [6.45, 7) is 3.40. The molecule has 8 nitrogen and oxygen atoms in total. The highest BCUT2D eigenvalue weighted by Gasteiger charge is 2.13. The van der Waals surface area contributed by atoms with E-state index in [0.717, 1.165) is 43.2 Å². The van der Waals surface area contributed by atoms with Crippen molar-refractivity contribution < 1.29 is 4.74 Å². The number of pyridine rings is 1. The van der Waals surface area contributed by atoms with E-state index in [1.165, 1.54) is 12.0 Å². The molecule has 28 heavy (non-hydrogen) atoms. The number of anilines is 3. The van der Waals surface area contributed by atoms with Gasteiger partial charge in [-0.05, 0) is 36.4 Å². The molecule has 0 atom stereocenters. The lowest BCUT2D eigenvalue weighted by Gasteiger charge is -2.28. The molecule has 0 unspecified atom stereocenters. The first kappa shape index (κ1) is 16.6. The third-order valence-electron chi connectivity index (χ3n) is 4.74. The Hall–Kier alpha value is -3.52. The number of aromatic nitrogens is 5. The summed E-state index contributed by atoms with van der Waals surface area (Å²) in [5.41, 5.74) is 2.87. The molecule has 140 valence electrons. The van der Waals surface area contributed by atoms with Gasteiger partial charge in [-0.15, -0.1) is 0 Å². The lowest BCUT2D eigenvalue weighted by atomic mass is 10.2. The van der Waals surface area contributed by atoms with Gasteiger partial charge in [0, 0.05) is 30.7 Å². The smallest absolute Gasteiger partial charge is 0.170 e. The van der Waals surface area contributed by atoms with Gasteiger partial charge in [-0.25, -0.2) is 15.0 Å². The Labute approximate surface area is 161 Å². The second-order valence-electron chi connectivity index (χ2n) is 6.48. The van der Waals surface area contributed by atoms with Crippen molar-refractivity contribution in [3.05, 3.63) is 61.2 Å². The van der Waals surface area contributed by atoms with Gasteiger partial charge >= 0.3 is 0 Å². The van der Waals surface area contributed by atoms with Gasteiger partial charge in [-0.3, -0.25) is 0 Å². The molecule has 0 bridgehead atoms. The quantitative estimate of drug-likeness (QED) is 0.589. The standard InChI is InChI=1S/C20H19N7O/c1-2-8-21-18(3-1)27-20-17(13-24-27)19(22-14-23-20)25-15-4-6-16(7-5-15)26-9-11-28-12-10-26/h1-8,13-14H,9-12H2,(H,22,23,25). The number of rotatable bonds is 4. The second-order valence-corrected chi connectivity index (χ2v) is 6.48. The van der Waals surface area contributed by atoms with Gasteiger partial charge in [-0.2, -0.15) is 9.78 Å². The highest BCUT2D eigenvalue weighted by atomic mass is 16.5. The summed E-state index contributed by atoms with van der Waals surface area (Å²) in [6.07, 6.45) is 5.03. The molecule has 0 radical (unpaired) electrons. The molecule has 1 N–H and O–H groups in total. The van der Waals surface area contributed by atoms with Crippen LogP contribution in [-0.4, -0.2) is 51.0 Å². The maximum absolute atomic E-state index is 5.42. The molecule has 8 heteroatoms. The van der Waals surface area contributed by atoms with Crippen molar-refractivity contribution in [1.82, 2.24) is 24.7 Å². The molecule has 4 aromatic rings. The summed E-state index contributed by atoms with van der Waals surface area (Å²) in [5.74, 6) is 1.43. The minimum absolute atomic E-state index is 0.709. The van der Waals surface area contributed by atoms with Crippen LogP contribution in [0.2, 0.25) is 0 Å². The molecule has 3 aromatic heterocycles. The topological polar surface area (TPSA) is 81.0 Å². The normalized spacial score (nSPS) is 14.4. The van der Waals surface area contributed by atoms with Crippen LogP contribution in [0.25, 0.3) is 16.9 Å². The van der Waals surface area contributed by atoms with Crippen molar-refractivity contribution in [1.29, 1.82) is 0 Å². The largest absolute Gasteiger partial charge is 0.378 e. The Bertz CT molecular complexity index is 1070. The van der Waals surface area contributed by atoms with E-state index in [2.05, 4.69) is 54.5 Å². The van der Waals surface area contributed by atoms with Gasteiger partial charge in [0.15, 0.2) is 11.5 Å². The minimum Gasteiger partial charge on any atom is -0.378 e. The monoisotopic (exact) mass is 373 g/mol. The van der Waals surface area contributed by atoms with E-state index >= 15 is 0 Å². The molecule has 1 aliphatic rings. The maximum atomic E-state index is 5.42. The third kappa shape index (κ3) is 3.14. The fraction of sp³-hybridized carbons (Fsp3) is 0.200. The number of benzene rings is 1. The summed E-state index contributed by atoms with van der Waals surface area (Å²) >= 11 is 0. The first-order valence-corrected chi connectivity index (χ1v) is 9.18. The molecule has 4 heterocycles.